The van der Waals surface area contributed by atoms with E-state index in [9.17, 15) is 4.79 Å². The largest absolute Gasteiger partial charge is 0.393 e. The van der Waals surface area contributed by atoms with Crippen molar-refractivity contribution in [1.82, 2.24) is 4.90 Å². The number of hydrogen-bond donors (Lipinski definition) is 1. The number of carbonyl (C=O) groups is 1. The van der Waals surface area contributed by atoms with Gasteiger partial charge in [0.05, 0.1) is 11.4 Å². The molecule has 0 bridgehead atoms. The van der Waals surface area contributed by atoms with Crippen LogP contribution in [0.5, 0.6) is 0 Å². The minimum absolute atomic E-state index is 0.102. The average molecular weight is 228 g/mol. The Kier molecular flexibility index (Phi) is 4.51. The van der Waals surface area contributed by atoms with Crippen LogP contribution in [0.1, 0.15) is 39.5 Å². The van der Waals surface area contributed by atoms with E-state index in [1.54, 1.807) is 0 Å². The minimum atomic E-state index is 0.102. The van der Waals surface area contributed by atoms with Crippen LogP contribution in [-0.4, -0.2) is 28.4 Å². The van der Waals surface area contributed by atoms with E-state index in [2.05, 4.69) is 13.8 Å². The summed E-state index contributed by atoms with van der Waals surface area (Å²) in [6.45, 7) is 5.19. The van der Waals surface area contributed by atoms with E-state index in [1.807, 2.05) is 4.90 Å². The lowest BCUT2D eigenvalue weighted by atomic mass is 10.1. The summed E-state index contributed by atoms with van der Waals surface area (Å²) < 4.78 is 0. The highest BCUT2D eigenvalue weighted by Gasteiger charge is 2.32. The predicted molar refractivity (Wildman–Crippen MR) is 65.6 cm³/mol. The number of nitrogens with two attached hydrogens (primary N) is 1. The van der Waals surface area contributed by atoms with Gasteiger partial charge in [0.15, 0.2) is 0 Å². The zero-order valence-electron chi connectivity index (χ0n) is 9.53. The fourth-order valence-electron chi connectivity index (χ4n) is 1.54. The van der Waals surface area contributed by atoms with E-state index in [4.69, 9.17) is 18.0 Å². The molecule has 1 saturated carbocycles. The van der Waals surface area contributed by atoms with Gasteiger partial charge in [-0.05, 0) is 25.2 Å². The average Bonchev–Trinajstić information content (AvgIpc) is 2.86. The van der Waals surface area contributed by atoms with Crippen LogP contribution >= 0.6 is 12.2 Å². The molecule has 0 heterocycles. The summed E-state index contributed by atoms with van der Waals surface area (Å²) in [5.74, 6) is 0.731. The minimum Gasteiger partial charge on any atom is -0.393 e. The van der Waals surface area contributed by atoms with Crippen LogP contribution in [0.4, 0.5) is 0 Å². The van der Waals surface area contributed by atoms with Crippen molar-refractivity contribution in [2.75, 3.05) is 6.54 Å². The molecule has 1 amide bonds. The van der Waals surface area contributed by atoms with Gasteiger partial charge in [-0.15, -0.1) is 0 Å². The number of hydrogen-bond acceptors (Lipinski definition) is 2. The molecule has 2 N–H and O–H groups in total. The molecule has 0 unspecified atom stereocenters. The van der Waals surface area contributed by atoms with Crippen LogP contribution in [0.15, 0.2) is 0 Å². The molecule has 0 aromatic heterocycles. The van der Waals surface area contributed by atoms with Crippen molar-refractivity contribution in [1.29, 1.82) is 0 Å². The predicted octanol–water partition coefficient (Wildman–Crippen LogP) is 1.70. The maximum atomic E-state index is 11.8. The molecule has 0 aliphatic heterocycles. The number of rotatable bonds is 6. The van der Waals surface area contributed by atoms with Crippen molar-refractivity contribution >= 4 is 23.1 Å². The number of amides is 1. The van der Waals surface area contributed by atoms with Gasteiger partial charge in [0, 0.05) is 12.6 Å². The molecule has 1 aliphatic carbocycles. The topological polar surface area (TPSA) is 46.3 Å². The van der Waals surface area contributed by atoms with Crippen LogP contribution in [0.25, 0.3) is 0 Å². The summed E-state index contributed by atoms with van der Waals surface area (Å²) in [6.07, 6.45) is 3.56. The third kappa shape index (κ3) is 4.60. The van der Waals surface area contributed by atoms with Crippen molar-refractivity contribution in [2.24, 2.45) is 11.7 Å². The number of thiocarbonyl (C=S) groups is 1. The third-order valence-electron chi connectivity index (χ3n) is 2.58. The Bertz CT molecular complexity index is 249. The van der Waals surface area contributed by atoms with Crippen LogP contribution in [0.3, 0.4) is 0 Å². The fourth-order valence-corrected chi connectivity index (χ4v) is 1.67. The Morgan fingerprint density at radius 2 is 2.13 bits per heavy atom. The van der Waals surface area contributed by atoms with Crippen molar-refractivity contribution in [3.63, 3.8) is 0 Å². The quantitative estimate of drug-likeness (QED) is 0.704. The van der Waals surface area contributed by atoms with E-state index in [1.165, 1.54) is 0 Å². The maximum Gasteiger partial charge on any atom is 0.229 e. The van der Waals surface area contributed by atoms with Gasteiger partial charge >= 0.3 is 0 Å². The summed E-state index contributed by atoms with van der Waals surface area (Å²) in [6, 6.07) is 0.464. The molecular weight excluding hydrogens is 208 g/mol. The molecular formula is C11H20N2OS. The second-order valence-electron chi connectivity index (χ2n) is 4.64. The Morgan fingerprint density at radius 3 is 2.53 bits per heavy atom. The van der Waals surface area contributed by atoms with Gasteiger partial charge in [-0.2, -0.15) is 0 Å². The van der Waals surface area contributed by atoms with E-state index < -0.39 is 0 Å². The van der Waals surface area contributed by atoms with E-state index in [0.29, 0.717) is 16.9 Å². The van der Waals surface area contributed by atoms with Gasteiger partial charge in [0.2, 0.25) is 5.91 Å². The molecule has 4 heteroatoms. The molecule has 0 aromatic carbocycles. The SMILES string of the molecule is CC(C)CCN(C(=O)CC(N)=S)C1CC1. The van der Waals surface area contributed by atoms with Crippen LogP contribution < -0.4 is 5.73 Å². The normalized spacial score (nSPS) is 15.4. The van der Waals surface area contributed by atoms with Gasteiger partial charge in [-0.1, -0.05) is 26.1 Å². The molecule has 15 heavy (non-hydrogen) atoms. The van der Waals surface area contributed by atoms with Crippen LogP contribution in [0, 0.1) is 5.92 Å². The first kappa shape index (κ1) is 12.4. The highest BCUT2D eigenvalue weighted by molar-refractivity contribution is 7.80. The fraction of sp³-hybridized carbons (Fsp3) is 0.818. The molecule has 1 aliphatic rings. The maximum absolute atomic E-state index is 11.8. The second kappa shape index (κ2) is 5.45. The first-order valence-corrected chi connectivity index (χ1v) is 5.99. The lowest BCUT2D eigenvalue weighted by Crippen LogP contribution is -2.36. The summed E-state index contributed by atoms with van der Waals surface area (Å²) in [7, 11) is 0. The standard InChI is InChI=1S/C11H20N2OS/c1-8(2)5-6-13(9-3-4-9)11(14)7-10(12)15/h8-9H,3-7H2,1-2H3,(H2,12,15). The molecule has 0 saturated heterocycles. The van der Waals surface area contributed by atoms with Gasteiger partial charge in [-0.3, -0.25) is 4.79 Å². The first-order chi connectivity index (χ1) is 7.00. The van der Waals surface area contributed by atoms with Gasteiger partial charge in [0.25, 0.3) is 0 Å². The monoisotopic (exact) mass is 228 g/mol. The number of carbonyl (C=O) groups excluding carboxylic acids is 1. The van der Waals surface area contributed by atoms with Gasteiger partial charge < -0.3 is 10.6 Å². The van der Waals surface area contributed by atoms with E-state index in [0.717, 1.165) is 25.8 Å². The van der Waals surface area contributed by atoms with E-state index >= 15 is 0 Å². The summed E-state index contributed by atoms with van der Waals surface area (Å²) in [5.41, 5.74) is 5.39. The van der Waals surface area contributed by atoms with E-state index in [-0.39, 0.29) is 12.3 Å². The summed E-state index contributed by atoms with van der Waals surface area (Å²) in [5, 5.41) is 0. The van der Waals surface area contributed by atoms with Crippen molar-refractivity contribution in [3.8, 4) is 0 Å². The lowest BCUT2D eigenvalue weighted by molar-refractivity contribution is -0.130. The van der Waals surface area contributed by atoms with Crippen LogP contribution in [-0.2, 0) is 4.79 Å². The first-order valence-electron chi connectivity index (χ1n) is 5.58. The molecule has 3 nitrogen and oxygen atoms in total. The third-order valence-corrected chi connectivity index (χ3v) is 2.73. The number of nitrogens with zero attached hydrogens (tertiary/aromatic N) is 1. The highest BCUT2D eigenvalue weighted by Crippen LogP contribution is 2.27. The van der Waals surface area contributed by atoms with Crippen molar-refractivity contribution < 1.29 is 4.79 Å². The second-order valence-corrected chi connectivity index (χ2v) is 5.17. The Morgan fingerprint density at radius 1 is 1.53 bits per heavy atom. The molecule has 0 aromatic rings. The summed E-state index contributed by atoms with van der Waals surface area (Å²) in [4.78, 5) is 14.1. The Labute approximate surface area is 97.0 Å². The smallest absolute Gasteiger partial charge is 0.229 e. The Balaban J connectivity index is 2.42. The molecule has 0 spiro atoms. The Hall–Kier alpha value is -0.640. The van der Waals surface area contributed by atoms with Crippen LogP contribution in [0.2, 0.25) is 0 Å². The zero-order valence-corrected chi connectivity index (χ0v) is 10.3. The lowest BCUT2D eigenvalue weighted by Gasteiger charge is -2.23. The molecule has 1 rings (SSSR count). The van der Waals surface area contributed by atoms with Crippen molar-refractivity contribution in [3.05, 3.63) is 0 Å². The van der Waals surface area contributed by atoms with Gasteiger partial charge in [0.1, 0.15) is 0 Å². The molecule has 0 atom stereocenters. The zero-order chi connectivity index (χ0) is 11.4. The molecule has 0 radical (unpaired) electrons. The molecule has 86 valence electrons. The van der Waals surface area contributed by atoms with Crippen molar-refractivity contribution in [2.45, 2.75) is 45.6 Å². The van der Waals surface area contributed by atoms with Gasteiger partial charge in [-0.25, -0.2) is 0 Å². The highest BCUT2D eigenvalue weighted by atomic mass is 32.1. The molecule has 1 fully saturated rings. The summed E-state index contributed by atoms with van der Waals surface area (Å²) >= 11 is 4.76.